The Labute approximate surface area is 233 Å². The molecule has 3 aromatic rings. The molecule has 0 unspecified atom stereocenters. The van der Waals surface area contributed by atoms with Gasteiger partial charge in [-0.05, 0) is 62.1 Å². The zero-order valence-electron chi connectivity index (χ0n) is 19.8. The van der Waals surface area contributed by atoms with Crippen LogP contribution >= 0.6 is 46.4 Å². The Morgan fingerprint density at radius 1 is 1.05 bits per heavy atom. The van der Waals surface area contributed by atoms with Crippen LogP contribution in [0.2, 0.25) is 20.1 Å². The molecule has 1 aliphatic heterocycles. The molecule has 0 fully saturated rings. The van der Waals surface area contributed by atoms with Crippen molar-refractivity contribution in [1.82, 2.24) is 5.32 Å². The number of carbonyl (C=O) groups excluding carboxylic acids is 1. The lowest BCUT2D eigenvalue weighted by molar-refractivity contribution is -0.139. The summed E-state index contributed by atoms with van der Waals surface area (Å²) in [5, 5.41) is 12.9. The third kappa shape index (κ3) is 5.83. The molecule has 0 aromatic heterocycles. The molecule has 0 spiro atoms. The van der Waals surface area contributed by atoms with E-state index in [9.17, 15) is 19.1 Å². The first-order chi connectivity index (χ1) is 17.4. The number of rotatable bonds is 6. The third-order valence-corrected chi connectivity index (χ3v) is 7.43. The molecule has 4 rings (SSSR count). The second-order valence-electron chi connectivity index (χ2n) is 9.35. The number of carbonyl (C=O) groups is 2. The molecule has 0 saturated heterocycles. The number of carboxylic acids is 1. The van der Waals surface area contributed by atoms with Crippen LogP contribution in [-0.2, 0) is 17.6 Å². The molecular formula is C27H22Cl4FNO4. The first-order valence-electron chi connectivity index (χ1n) is 11.3. The van der Waals surface area contributed by atoms with Crippen molar-refractivity contribution in [2.45, 2.75) is 44.8 Å². The molecule has 3 aromatic carbocycles. The molecule has 1 atom stereocenters. The Bertz CT molecular complexity index is 1370. The van der Waals surface area contributed by atoms with Gasteiger partial charge in [-0.15, -0.1) is 0 Å². The molecule has 0 saturated carbocycles. The van der Waals surface area contributed by atoms with E-state index in [0.717, 1.165) is 5.56 Å². The molecule has 10 heteroatoms. The average Bonchev–Trinajstić information content (AvgIpc) is 2.78. The lowest BCUT2D eigenvalue weighted by Crippen LogP contribution is -2.43. The molecule has 0 aliphatic carbocycles. The number of aliphatic carboxylic acids is 1. The van der Waals surface area contributed by atoms with Gasteiger partial charge < -0.3 is 15.2 Å². The van der Waals surface area contributed by atoms with E-state index in [-0.39, 0.29) is 32.1 Å². The number of ether oxygens (including phenoxy) is 1. The predicted octanol–water partition coefficient (Wildman–Crippen LogP) is 7.64. The maximum atomic E-state index is 13.8. The fraction of sp³-hybridized carbons (Fsp3) is 0.259. The van der Waals surface area contributed by atoms with E-state index in [1.165, 1.54) is 24.3 Å². The van der Waals surface area contributed by atoms with Crippen molar-refractivity contribution in [3.63, 3.8) is 0 Å². The number of fused-ring (bicyclic) bond motifs is 1. The van der Waals surface area contributed by atoms with E-state index in [4.69, 9.17) is 51.1 Å². The number of halogens is 5. The summed E-state index contributed by atoms with van der Waals surface area (Å²) in [4.78, 5) is 25.0. The van der Waals surface area contributed by atoms with Gasteiger partial charge in [0.2, 0.25) is 0 Å². The van der Waals surface area contributed by atoms with Gasteiger partial charge in [0, 0.05) is 17.5 Å². The van der Waals surface area contributed by atoms with Gasteiger partial charge in [-0.2, -0.15) is 0 Å². The third-order valence-electron chi connectivity index (χ3n) is 6.21. The maximum Gasteiger partial charge on any atom is 0.326 e. The van der Waals surface area contributed by atoms with E-state index in [0.29, 0.717) is 35.3 Å². The minimum Gasteiger partial charge on any atom is -0.487 e. The minimum absolute atomic E-state index is 0.000127. The maximum absolute atomic E-state index is 13.8. The second kappa shape index (κ2) is 10.7. The first-order valence-corrected chi connectivity index (χ1v) is 12.9. The fourth-order valence-electron chi connectivity index (χ4n) is 4.37. The van der Waals surface area contributed by atoms with Crippen LogP contribution in [0.15, 0.2) is 42.5 Å². The van der Waals surface area contributed by atoms with E-state index in [2.05, 4.69) is 5.32 Å². The number of benzene rings is 3. The van der Waals surface area contributed by atoms with Gasteiger partial charge in [-0.1, -0.05) is 64.6 Å². The van der Waals surface area contributed by atoms with Gasteiger partial charge >= 0.3 is 5.97 Å². The zero-order valence-corrected chi connectivity index (χ0v) is 22.8. The molecule has 1 heterocycles. The summed E-state index contributed by atoms with van der Waals surface area (Å²) >= 11 is 25.0. The monoisotopic (exact) mass is 583 g/mol. The molecule has 0 radical (unpaired) electrons. The van der Waals surface area contributed by atoms with Crippen LogP contribution in [0.4, 0.5) is 4.39 Å². The summed E-state index contributed by atoms with van der Waals surface area (Å²) in [6, 6.07) is 9.12. The quantitative estimate of drug-likeness (QED) is 0.312. The highest BCUT2D eigenvalue weighted by Crippen LogP contribution is 2.47. The van der Waals surface area contributed by atoms with Gasteiger partial charge in [-0.25, -0.2) is 9.18 Å². The number of carboxylic acid groups (broad SMARTS) is 1. The molecule has 194 valence electrons. The van der Waals surface area contributed by atoms with Gasteiger partial charge in [0.1, 0.15) is 23.2 Å². The van der Waals surface area contributed by atoms with Gasteiger partial charge in [0.15, 0.2) is 0 Å². The van der Waals surface area contributed by atoms with E-state index in [1.54, 1.807) is 18.2 Å². The van der Waals surface area contributed by atoms with Crippen molar-refractivity contribution in [3.05, 3.63) is 85.1 Å². The van der Waals surface area contributed by atoms with Crippen LogP contribution < -0.4 is 10.1 Å². The Kier molecular flexibility index (Phi) is 7.96. The van der Waals surface area contributed by atoms with Crippen LogP contribution in [0.5, 0.6) is 5.75 Å². The van der Waals surface area contributed by atoms with E-state index >= 15 is 0 Å². The molecular weight excluding hydrogens is 563 g/mol. The smallest absolute Gasteiger partial charge is 0.326 e. The van der Waals surface area contributed by atoms with Gasteiger partial charge in [-0.3, -0.25) is 4.79 Å². The minimum atomic E-state index is -1.28. The van der Waals surface area contributed by atoms with E-state index < -0.39 is 29.3 Å². The highest BCUT2D eigenvalue weighted by atomic mass is 35.5. The largest absolute Gasteiger partial charge is 0.487 e. The van der Waals surface area contributed by atoms with Crippen molar-refractivity contribution in [2.75, 3.05) is 0 Å². The van der Waals surface area contributed by atoms with Crippen molar-refractivity contribution in [3.8, 4) is 16.9 Å². The summed E-state index contributed by atoms with van der Waals surface area (Å²) in [6.45, 7) is 3.88. The van der Waals surface area contributed by atoms with E-state index in [1.807, 2.05) is 13.8 Å². The SMILES string of the molecule is CC1(C)CCc2c(C[C@H](NC(=O)c3c(Cl)cccc3Cl)C(=O)O)ccc(-c3c(Cl)cc(F)cc3Cl)c2O1. The molecule has 1 aliphatic rings. The Morgan fingerprint density at radius 3 is 2.27 bits per heavy atom. The number of hydrogen-bond donors (Lipinski definition) is 2. The number of hydrogen-bond acceptors (Lipinski definition) is 3. The summed E-state index contributed by atoms with van der Waals surface area (Å²) in [6.07, 6.45) is 1.22. The van der Waals surface area contributed by atoms with Gasteiger partial charge in [0.25, 0.3) is 5.91 Å². The summed E-state index contributed by atoms with van der Waals surface area (Å²) < 4.78 is 20.2. The predicted molar refractivity (Wildman–Crippen MR) is 144 cm³/mol. The first kappa shape index (κ1) is 27.5. The lowest BCUT2D eigenvalue weighted by Gasteiger charge is -2.35. The van der Waals surface area contributed by atoms with Gasteiger partial charge in [0.05, 0.1) is 25.7 Å². The van der Waals surface area contributed by atoms with Crippen LogP contribution in [0.1, 0.15) is 41.8 Å². The Balaban J connectivity index is 1.74. The molecule has 0 bridgehead atoms. The van der Waals surface area contributed by atoms with Crippen molar-refractivity contribution in [2.24, 2.45) is 0 Å². The van der Waals surface area contributed by atoms with Crippen molar-refractivity contribution >= 4 is 58.3 Å². The zero-order chi connectivity index (χ0) is 27.1. The number of amides is 1. The van der Waals surface area contributed by atoms with Crippen LogP contribution in [0, 0.1) is 5.82 Å². The topological polar surface area (TPSA) is 75.6 Å². The molecule has 2 N–H and O–H groups in total. The molecule has 1 amide bonds. The fourth-order valence-corrected chi connectivity index (χ4v) is 5.60. The standard InChI is InChI=1S/C27H22Cl4FNO4/c1-27(2)9-8-15-13(6-7-16(24(15)37-27)22-19(30)11-14(32)12-20(22)31)10-21(26(35)36)33-25(34)23-17(28)4-3-5-18(23)29/h3-7,11-12,21H,8-10H2,1-2H3,(H,33,34)(H,35,36)/t21-/m0/s1. The highest BCUT2D eigenvalue weighted by molar-refractivity contribution is 6.40. The molecule has 37 heavy (non-hydrogen) atoms. The normalized spacial score (nSPS) is 14.9. The lowest BCUT2D eigenvalue weighted by atomic mass is 9.86. The Hall–Kier alpha value is -2.51. The van der Waals surface area contributed by atoms with Crippen molar-refractivity contribution in [1.29, 1.82) is 0 Å². The summed E-state index contributed by atoms with van der Waals surface area (Å²) in [7, 11) is 0. The summed E-state index contributed by atoms with van der Waals surface area (Å²) in [5.74, 6) is -2.00. The van der Waals surface area contributed by atoms with Crippen LogP contribution in [-0.4, -0.2) is 28.6 Å². The second-order valence-corrected chi connectivity index (χ2v) is 11.0. The van der Waals surface area contributed by atoms with Crippen molar-refractivity contribution < 1.29 is 23.8 Å². The molecule has 5 nitrogen and oxygen atoms in total. The van der Waals surface area contributed by atoms with Crippen LogP contribution in [0.25, 0.3) is 11.1 Å². The highest BCUT2D eigenvalue weighted by Gasteiger charge is 2.33. The summed E-state index contributed by atoms with van der Waals surface area (Å²) in [5.41, 5.74) is 1.91. The van der Waals surface area contributed by atoms with Crippen LogP contribution in [0.3, 0.4) is 0 Å². The Morgan fingerprint density at radius 2 is 1.68 bits per heavy atom. The average molecular weight is 585 g/mol. The number of nitrogens with one attached hydrogen (secondary N) is 1.